The molecule has 0 saturated carbocycles. The molecular formula is C15H11IN2. The average molecular weight is 346 g/mol. The smallest absolute Gasteiger partial charge is 0.137 e. The van der Waals surface area contributed by atoms with Crippen LogP contribution in [0.15, 0.2) is 60.8 Å². The number of hydrogen-bond donors (Lipinski definition) is 1. The second-order valence-corrected chi connectivity index (χ2v) is 5.26. The number of nitrogens with zero attached hydrogens (tertiary/aromatic N) is 1. The summed E-state index contributed by atoms with van der Waals surface area (Å²) in [7, 11) is 0. The zero-order valence-corrected chi connectivity index (χ0v) is 11.8. The molecule has 1 N–H and O–H groups in total. The minimum absolute atomic E-state index is 0.907. The Balaban J connectivity index is 1.97. The van der Waals surface area contributed by atoms with E-state index in [0.717, 1.165) is 22.6 Å². The summed E-state index contributed by atoms with van der Waals surface area (Å²) in [4.78, 5) is 7.78. The minimum Gasteiger partial charge on any atom is -0.338 e. The summed E-state index contributed by atoms with van der Waals surface area (Å²) in [5.41, 5.74) is 3.31. The van der Waals surface area contributed by atoms with Crippen LogP contribution in [0.3, 0.4) is 0 Å². The van der Waals surface area contributed by atoms with Gasteiger partial charge in [-0.3, -0.25) is 0 Å². The van der Waals surface area contributed by atoms with E-state index in [9.17, 15) is 0 Å². The molecule has 0 aliphatic rings. The maximum atomic E-state index is 4.43. The zero-order chi connectivity index (χ0) is 12.4. The maximum Gasteiger partial charge on any atom is 0.137 e. The Morgan fingerprint density at radius 1 is 0.833 bits per heavy atom. The lowest BCUT2D eigenvalue weighted by Gasteiger charge is -1.98. The van der Waals surface area contributed by atoms with Crippen molar-refractivity contribution in [2.75, 3.05) is 0 Å². The summed E-state index contributed by atoms with van der Waals surface area (Å²) < 4.78 is 1.24. The molecule has 0 fully saturated rings. The number of rotatable bonds is 2. The first-order chi connectivity index (χ1) is 8.83. The van der Waals surface area contributed by atoms with Crippen LogP contribution in [0.5, 0.6) is 0 Å². The Morgan fingerprint density at radius 2 is 1.56 bits per heavy atom. The van der Waals surface area contributed by atoms with Crippen LogP contribution >= 0.6 is 22.6 Å². The van der Waals surface area contributed by atoms with Crippen molar-refractivity contribution in [1.29, 1.82) is 0 Å². The lowest BCUT2D eigenvalue weighted by molar-refractivity contribution is 1.31. The first kappa shape index (κ1) is 11.5. The van der Waals surface area contributed by atoms with Crippen molar-refractivity contribution in [3.8, 4) is 22.6 Å². The molecule has 0 saturated heterocycles. The van der Waals surface area contributed by atoms with E-state index in [4.69, 9.17) is 0 Å². The van der Waals surface area contributed by atoms with Crippen LogP contribution < -0.4 is 0 Å². The maximum absolute atomic E-state index is 4.43. The van der Waals surface area contributed by atoms with E-state index in [0.29, 0.717) is 0 Å². The highest BCUT2D eigenvalue weighted by Gasteiger charge is 2.04. The number of aromatic nitrogens is 2. The van der Waals surface area contributed by atoms with Crippen LogP contribution in [-0.4, -0.2) is 9.97 Å². The Bertz CT molecular complexity index is 642. The second kappa shape index (κ2) is 4.94. The molecule has 2 aromatic carbocycles. The molecule has 0 spiro atoms. The molecule has 0 aliphatic heterocycles. The van der Waals surface area contributed by atoms with E-state index in [2.05, 4.69) is 69.0 Å². The van der Waals surface area contributed by atoms with Crippen LogP contribution in [0, 0.1) is 3.57 Å². The molecule has 0 radical (unpaired) electrons. The normalized spacial score (nSPS) is 10.5. The molecule has 18 heavy (non-hydrogen) atoms. The first-order valence-electron chi connectivity index (χ1n) is 5.69. The van der Waals surface area contributed by atoms with E-state index in [-0.39, 0.29) is 0 Å². The van der Waals surface area contributed by atoms with E-state index < -0.39 is 0 Å². The van der Waals surface area contributed by atoms with Crippen LogP contribution in [0.4, 0.5) is 0 Å². The van der Waals surface area contributed by atoms with E-state index in [1.54, 1.807) is 0 Å². The average Bonchev–Trinajstić information content (AvgIpc) is 2.90. The highest BCUT2D eigenvalue weighted by atomic mass is 127. The van der Waals surface area contributed by atoms with Gasteiger partial charge in [0.25, 0.3) is 0 Å². The van der Waals surface area contributed by atoms with Crippen LogP contribution in [0.2, 0.25) is 0 Å². The van der Waals surface area contributed by atoms with Crippen molar-refractivity contribution < 1.29 is 0 Å². The van der Waals surface area contributed by atoms with Gasteiger partial charge in [-0.1, -0.05) is 42.5 Å². The number of hydrogen-bond acceptors (Lipinski definition) is 1. The third-order valence-electron chi connectivity index (χ3n) is 2.78. The van der Waals surface area contributed by atoms with Crippen LogP contribution in [0.25, 0.3) is 22.6 Å². The molecular weight excluding hydrogens is 335 g/mol. The van der Waals surface area contributed by atoms with Gasteiger partial charge in [-0.05, 0) is 40.3 Å². The van der Waals surface area contributed by atoms with E-state index in [1.165, 1.54) is 3.57 Å². The summed E-state index contributed by atoms with van der Waals surface area (Å²) in [6.07, 6.45) is 1.88. The summed E-state index contributed by atoms with van der Waals surface area (Å²) in [5.74, 6) is 0.907. The standard InChI is InChI=1S/C15H11IN2/c16-13-8-6-11(7-9-13)14-10-17-15(18-14)12-4-2-1-3-5-12/h1-10H,(H,17,18). The lowest BCUT2D eigenvalue weighted by Crippen LogP contribution is -1.80. The van der Waals surface area contributed by atoms with E-state index >= 15 is 0 Å². The molecule has 2 nitrogen and oxygen atoms in total. The van der Waals surface area contributed by atoms with Crippen LogP contribution in [0.1, 0.15) is 0 Å². The molecule has 0 unspecified atom stereocenters. The molecule has 0 aliphatic carbocycles. The van der Waals surface area contributed by atoms with Gasteiger partial charge in [-0.2, -0.15) is 0 Å². The van der Waals surface area contributed by atoms with Gasteiger partial charge < -0.3 is 4.98 Å². The molecule has 0 bridgehead atoms. The van der Waals surface area contributed by atoms with Crippen molar-refractivity contribution in [2.24, 2.45) is 0 Å². The summed E-state index contributed by atoms with van der Waals surface area (Å²) in [6.45, 7) is 0. The van der Waals surface area contributed by atoms with Gasteiger partial charge in [0, 0.05) is 9.13 Å². The summed E-state index contributed by atoms with van der Waals surface area (Å²) in [5, 5.41) is 0. The second-order valence-electron chi connectivity index (χ2n) is 4.02. The Labute approximate surface area is 119 Å². The van der Waals surface area contributed by atoms with Gasteiger partial charge >= 0.3 is 0 Å². The predicted molar refractivity (Wildman–Crippen MR) is 82.2 cm³/mol. The van der Waals surface area contributed by atoms with Crippen molar-refractivity contribution in [1.82, 2.24) is 9.97 Å². The topological polar surface area (TPSA) is 28.7 Å². The molecule has 88 valence electrons. The quantitative estimate of drug-likeness (QED) is 0.687. The Morgan fingerprint density at radius 3 is 2.28 bits per heavy atom. The number of nitrogens with one attached hydrogen (secondary N) is 1. The molecule has 1 heterocycles. The van der Waals surface area contributed by atoms with Crippen LogP contribution in [-0.2, 0) is 0 Å². The number of imidazole rings is 1. The fraction of sp³-hybridized carbons (Fsp3) is 0. The summed E-state index contributed by atoms with van der Waals surface area (Å²) >= 11 is 2.30. The molecule has 0 atom stereocenters. The molecule has 3 aromatic rings. The fourth-order valence-corrected chi connectivity index (χ4v) is 2.20. The van der Waals surface area contributed by atoms with Crippen molar-refractivity contribution in [3.05, 3.63) is 64.4 Å². The highest BCUT2D eigenvalue weighted by molar-refractivity contribution is 14.1. The predicted octanol–water partition coefficient (Wildman–Crippen LogP) is 4.35. The van der Waals surface area contributed by atoms with Gasteiger partial charge in [0.05, 0.1) is 11.9 Å². The molecule has 1 aromatic heterocycles. The fourth-order valence-electron chi connectivity index (χ4n) is 1.84. The number of aromatic amines is 1. The van der Waals surface area contributed by atoms with Crippen molar-refractivity contribution >= 4 is 22.6 Å². The van der Waals surface area contributed by atoms with Gasteiger partial charge in [0.1, 0.15) is 5.82 Å². The Hall–Kier alpha value is -1.62. The third kappa shape index (κ3) is 2.31. The van der Waals surface area contributed by atoms with Crippen molar-refractivity contribution in [3.63, 3.8) is 0 Å². The third-order valence-corrected chi connectivity index (χ3v) is 3.50. The molecule has 3 rings (SSSR count). The molecule has 0 amide bonds. The highest BCUT2D eigenvalue weighted by Crippen LogP contribution is 2.22. The Kier molecular flexibility index (Phi) is 3.15. The largest absolute Gasteiger partial charge is 0.338 e. The van der Waals surface area contributed by atoms with Gasteiger partial charge in [-0.25, -0.2) is 4.98 Å². The molecule has 3 heteroatoms. The lowest BCUT2D eigenvalue weighted by atomic mass is 10.2. The SMILES string of the molecule is Ic1ccc(-c2cnc(-c3ccccc3)[nH]2)cc1. The van der Waals surface area contributed by atoms with Gasteiger partial charge in [0.15, 0.2) is 0 Å². The summed E-state index contributed by atoms with van der Waals surface area (Å²) in [6, 6.07) is 18.5. The number of halogens is 1. The first-order valence-corrected chi connectivity index (χ1v) is 6.77. The number of H-pyrrole nitrogens is 1. The van der Waals surface area contributed by atoms with E-state index in [1.807, 2.05) is 24.4 Å². The minimum atomic E-state index is 0.907. The van der Waals surface area contributed by atoms with Crippen molar-refractivity contribution in [2.45, 2.75) is 0 Å². The van der Waals surface area contributed by atoms with Gasteiger partial charge in [0.2, 0.25) is 0 Å². The van der Waals surface area contributed by atoms with Gasteiger partial charge in [-0.15, -0.1) is 0 Å². The number of benzene rings is 2. The monoisotopic (exact) mass is 346 g/mol. The zero-order valence-electron chi connectivity index (χ0n) is 9.60.